The van der Waals surface area contributed by atoms with Gasteiger partial charge in [-0.05, 0) is 52.1 Å². The topological polar surface area (TPSA) is 24.5 Å². The summed E-state index contributed by atoms with van der Waals surface area (Å²) in [5.41, 5.74) is 0.480. The van der Waals surface area contributed by atoms with Crippen molar-refractivity contribution in [3.63, 3.8) is 0 Å². The van der Waals surface area contributed by atoms with Crippen LogP contribution in [0.1, 0.15) is 46.5 Å². The van der Waals surface area contributed by atoms with Crippen molar-refractivity contribution in [2.75, 3.05) is 40.3 Å². The van der Waals surface area contributed by atoms with Crippen molar-refractivity contribution < 1.29 is 4.74 Å². The fourth-order valence-electron chi connectivity index (χ4n) is 3.24. The summed E-state index contributed by atoms with van der Waals surface area (Å²) < 4.78 is 5.65. The summed E-state index contributed by atoms with van der Waals surface area (Å²) in [5, 5.41) is 3.41. The quantitative estimate of drug-likeness (QED) is 0.734. The third-order valence-electron chi connectivity index (χ3n) is 4.42. The molecular weight excluding hydrogens is 236 g/mol. The molecule has 19 heavy (non-hydrogen) atoms. The summed E-state index contributed by atoms with van der Waals surface area (Å²) in [5.74, 6) is 0.916. The lowest BCUT2D eigenvalue weighted by Crippen LogP contribution is -2.45. The molecule has 3 nitrogen and oxygen atoms in total. The molecule has 0 amide bonds. The number of hydrogen-bond acceptors (Lipinski definition) is 3. The molecule has 0 aromatic carbocycles. The van der Waals surface area contributed by atoms with Crippen molar-refractivity contribution >= 4 is 0 Å². The van der Waals surface area contributed by atoms with E-state index in [4.69, 9.17) is 4.74 Å². The minimum absolute atomic E-state index is 0.343. The first-order chi connectivity index (χ1) is 8.97. The lowest BCUT2D eigenvalue weighted by Gasteiger charge is -2.42. The van der Waals surface area contributed by atoms with Crippen LogP contribution in [0.15, 0.2) is 0 Å². The van der Waals surface area contributed by atoms with E-state index in [1.807, 2.05) is 0 Å². The van der Waals surface area contributed by atoms with Gasteiger partial charge in [0.1, 0.15) is 0 Å². The molecule has 1 rings (SSSR count). The van der Waals surface area contributed by atoms with Gasteiger partial charge in [0.15, 0.2) is 0 Å². The van der Waals surface area contributed by atoms with Gasteiger partial charge in [-0.3, -0.25) is 0 Å². The minimum atomic E-state index is 0.343. The number of likely N-dealkylation sites (N-methyl/N-ethyl adjacent to an activating group) is 1. The monoisotopic (exact) mass is 270 g/mol. The van der Waals surface area contributed by atoms with Gasteiger partial charge < -0.3 is 15.0 Å². The van der Waals surface area contributed by atoms with Crippen molar-refractivity contribution in [2.24, 2.45) is 11.3 Å². The molecule has 3 heteroatoms. The van der Waals surface area contributed by atoms with E-state index in [2.05, 4.69) is 45.1 Å². The SMILES string of the molecule is CNCC1(CN(C)CCOC(C)C)CCC(C)CC1. The zero-order valence-corrected chi connectivity index (χ0v) is 13.7. The standard InChI is InChI=1S/C16H34N2O/c1-14(2)19-11-10-18(5)13-16(12-17-4)8-6-15(3)7-9-16/h14-15,17H,6-13H2,1-5H3. The smallest absolute Gasteiger partial charge is 0.0596 e. The van der Waals surface area contributed by atoms with Crippen molar-refractivity contribution in [1.29, 1.82) is 0 Å². The molecule has 0 heterocycles. The molecule has 1 fully saturated rings. The predicted molar refractivity (Wildman–Crippen MR) is 82.6 cm³/mol. The van der Waals surface area contributed by atoms with Gasteiger partial charge in [0, 0.05) is 19.6 Å². The highest BCUT2D eigenvalue weighted by Gasteiger charge is 2.34. The summed E-state index contributed by atoms with van der Waals surface area (Å²) in [6.45, 7) is 10.8. The lowest BCUT2D eigenvalue weighted by molar-refractivity contribution is 0.0447. The maximum absolute atomic E-state index is 5.65. The molecule has 0 aromatic heterocycles. The Morgan fingerprint density at radius 2 is 1.95 bits per heavy atom. The van der Waals surface area contributed by atoms with E-state index < -0.39 is 0 Å². The first-order valence-corrected chi connectivity index (χ1v) is 7.92. The van der Waals surface area contributed by atoms with E-state index in [0.717, 1.165) is 25.6 Å². The van der Waals surface area contributed by atoms with Crippen LogP contribution in [0.5, 0.6) is 0 Å². The maximum atomic E-state index is 5.65. The average molecular weight is 270 g/mol. The van der Waals surface area contributed by atoms with Crippen LogP contribution in [0, 0.1) is 11.3 Å². The normalized spacial score (nSPS) is 28.3. The van der Waals surface area contributed by atoms with Gasteiger partial charge in [-0.2, -0.15) is 0 Å². The number of ether oxygens (including phenoxy) is 1. The van der Waals surface area contributed by atoms with Crippen LogP contribution in [0.25, 0.3) is 0 Å². The average Bonchev–Trinajstić information content (AvgIpc) is 2.33. The second kappa shape index (κ2) is 8.23. The molecule has 114 valence electrons. The molecule has 1 saturated carbocycles. The van der Waals surface area contributed by atoms with Crippen LogP contribution in [0.4, 0.5) is 0 Å². The molecule has 1 aliphatic rings. The number of rotatable bonds is 8. The molecule has 0 bridgehead atoms. The summed E-state index contributed by atoms with van der Waals surface area (Å²) in [6.07, 6.45) is 5.85. The summed E-state index contributed by atoms with van der Waals surface area (Å²) >= 11 is 0. The third-order valence-corrected chi connectivity index (χ3v) is 4.42. The minimum Gasteiger partial charge on any atom is -0.377 e. The second-order valence-corrected chi connectivity index (χ2v) is 6.87. The molecule has 0 atom stereocenters. The van der Waals surface area contributed by atoms with Gasteiger partial charge >= 0.3 is 0 Å². The van der Waals surface area contributed by atoms with E-state index in [0.29, 0.717) is 11.5 Å². The molecule has 1 N–H and O–H groups in total. The summed E-state index contributed by atoms with van der Waals surface area (Å²) in [7, 11) is 4.32. The third kappa shape index (κ3) is 6.24. The van der Waals surface area contributed by atoms with E-state index in [-0.39, 0.29) is 0 Å². The highest BCUT2D eigenvalue weighted by atomic mass is 16.5. The fourth-order valence-corrected chi connectivity index (χ4v) is 3.24. The summed E-state index contributed by atoms with van der Waals surface area (Å²) in [6, 6.07) is 0. The second-order valence-electron chi connectivity index (χ2n) is 6.87. The Balaban J connectivity index is 2.39. The predicted octanol–water partition coefficient (Wildman–Crippen LogP) is 2.76. The Hall–Kier alpha value is -0.120. The van der Waals surface area contributed by atoms with Gasteiger partial charge in [-0.15, -0.1) is 0 Å². The highest BCUT2D eigenvalue weighted by molar-refractivity contribution is 4.88. The first-order valence-electron chi connectivity index (χ1n) is 7.92. The molecule has 0 aromatic rings. The van der Waals surface area contributed by atoms with Crippen LogP contribution < -0.4 is 5.32 Å². The van der Waals surface area contributed by atoms with Crippen molar-refractivity contribution in [3.05, 3.63) is 0 Å². The van der Waals surface area contributed by atoms with E-state index >= 15 is 0 Å². The van der Waals surface area contributed by atoms with E-state index in [9.17, 15) is 0 Å². The maximum Gasteiger partial charge on any atom is 0.0596 e. The van der Waals surface area contributed by atoms with Gasteiger partial charge in [0.25, 0.3) is 0 Å². The van der Waals surface area contributed by atoms with Crippen molar-refractivity contribution in [1.82, 2.24) is 10.2 Å². The van der Waals surface area contributed by atoms with E-state index in [1.165, 1.54) is 32.2 Å². The molecular formula is C16H34N2O. The Bertz CT molecular complexity index is 235. The van der Waals surface area contributed by atoms with Crippen molar-refractivity contribution in [3.8, 4) is 0 Å². The molecule has 0 saturated heterocycles. The Kier molecular flexibility index (Phi) is 7.33. The molecule has 0 unspecified atom stereocenters. The largest absolute Gasteiger partial charge is 0.377 e. The van der Waals surface area contributed by atoms with E-state index in [1.54, 1.807) is 0 Å². The fraction of sp³-hybridized carbons (Fsp3) is 1.00. The molecule has 0 spiro atoms. The van der Waals surface area contributed by atoms with Crippen LogP contribution in [-0.4, -0.2) is 51.3 Å². The van der Waals surface area contributed by atoms with Crippen LogP contribution >= 0.6 is 0 Å². The number of hydrogen-bond donors (Lipinski definition) is 1. The zero-order valence-electron chi connectivity index (χ0n) is 13.7. The Morgan fingerprint density at radius 3 is 2.47 bits per heavy atom. The van der Waals surface area contributed by atoms with Crippen LogP contribution in [0.2, 0.25) is 0 Å². The molecule has 0 radical (unpaired) electrons. The van der Waals surface area contributed by atoms with Crippen LogP contribution in [-0.2, 0) is 4.74 Å². The van der Waals surface area contributed by atoms with Gasteiger partial charge in [0.2, 0.25) is 0 Å². The Labute approximate surface area is 120 Å². The van der Waals surface area contributed by atoms with Gasteiger partial charge in [0.05, 0.1) is 12.7 Å². The number of nitrogens with one attached hydrogen (secondary N) is 1. The summed E-state index contributed by atoms with van der Waals surface area (Å²) in [4.78, 5) is 2.45. The van der Waals surface area contributed by atoms with Gasteiger partial charge in [-0.25, -0.2) is 0 Å². The molecule has 0 aliphatic heterocycles. The van der Waals surface area contributed by atoms with Crippen molar-refractivity contribution in [2.45, 2.75) is 52.6 Å². The first kappa shape index (κ1) is 16.9. The van der Waals surface area contributed by atoms with Crippen LogP contribution in [0.3, 0.4) is 0 Å². The molecule has 1 aliphatic carbocycles. The lowest BCUT2D eigenvalue weighted by atomic mass is 9.70. The zero-order chi connectivity index (χ0) is 14.3. The Morgan fingerprint density at radius 1 is 1.32 bits per heavy atom. The van der Waals surface area contributed by atoms with Gasteiger partial charge in [-0.1, -0.05) is 19.8 Å². The number of nitrogens with zero attached hydrogens (tertiary/aromatic N) is 1. The highest BCUT2D eigenvalue weighted by Crippen LogP contribution is 2.38.